The first-order valence-corrected chi connectivity index (χ1v) is 9.32. The first kappa shape index (κ1) is 23.8. The lowest BCUT2D eigenvalue weighted by Gasteiger charge is -2.19. The summed E-state index contributed by atoms with van der Waals surface area (Å²) in [5.74, 6) is -1.03. The molecule has 0 saturated heterocycles. The van der Waals surface area contributed by atoms with Crippen LogP contribution in [-0.2, 0) is 23.7 Å². The van der Waals surface area contributed by atoms with Gasteiger partial charge in [0.2, 0.25) is 0 Å². The number of hydrogen-bond donors (Lipinski definition) is 0. The number of amides is 1. The molecule has 0 N–H and O–H groups in total. The Morgan fingerprint density at radius 2 is 1.55 bits per heavy atom. The molecule has 172 valence electrons. The van der Waals surface area contributed by atoms with Crippen LogP contribution in [0.1, 0.15) is 16.7 Å². The summed E-state index contributed by atoms with van der Waals surface area (Å²) >= 11 is 0. The molecular weight excluding hydrogens is 452 g/mol. The summed E-state index contributed by atoms with van der Waals surface area (Å²) in [6, 6.07) is 13.2. The maximum atomic E-state index is 13.1. The van der Waals surface area contributed by atoms with Crippen LogP contribution < -0.4 is 10.6 Å². The van der Waals surface area contributed by atoms with Crippen LogP contribution in [0.2, 0.25) is 0 Å². The molecule has 1 aromatic heterocycles. The molecule has 2 aromatic carbocycles. The number of hydrazone groups is 1. The van der Waals surface area contributed by atoms with Crippen molar-refractivity contribution in [3.05, 3.63) is 100.0 Å². The Morgan fingerprint density at radius 1 is 0.879 bits per heavy atom. The number of nitrogens with zero attached hydrogens (tertiary/aromatic N) is 3. The lowest BCUT2D eigenvalue weighted by atomic mass is 10.2. The highest BCUT2D eigenvalue weighted by atomic mass is 19.4. The number of hydrogen-bond acceptors (Lipinski definition) is 3. The SMILES string of the molecule is O=C(Cn1cc(C(F)(F)F)ccc1=O)N(/N=C/c1ccccc1)c1cccc(C(F)(F)F)c1. The van der Waals surface area contributed by atoms with E-state index in [1.165, 1.54) is 12.3 Å². The van der Waals surface area contributed by atoms with Crippen molar-refractivity contribution in [2.45, 2.75) is 18.9 Å². The van der Waals surface area contributed by atoms with Gasteiger partial charge in [0.05, 0.1) is 23.0 Å². The molecule has 1 amide bonds. The molecule has 0 aliphatic carbocycles. The van der Waals surface area contributed by atoms with Crippen LogP contribution >= 0.6 is 0 Å². The van der Waals surface area contributed by atoms with Crippen LogP contribution in [0.25, 0.3) is 0 Å². The van der Waals surface area contributed by atoms with Gasteiger partial charge >= 0.3 is 12.4 Å². The second kappa shape index (κ2) is 9.31. The third kappa shape index (κ3) is 6.09. The van der Waals surface area contributed by atoms with Crippen molar-refractivity contribution in [3.8, 4) is 0 Å². The molecule has 0 spiro atoms. The molecule has 0 fully saturated rings. The zero-order chi connectivity index (χ0) is 24.2. The number of anilines is 1. The number of carbonyl (C=O) groups excluding carboxylic acids is 1. The Balaban J connectivity index is 2.00. The molecule has 0 unspecified atom stereocenters. The van der Waals surface area contributed by atoms with Gasteiger partial charge in [-0.05, 0) is 29.8 Å². The van der Waals surface area contributed by atoms with Gasteiger partial charge in [0, 0.05) is 12.3 Å². The van der Waals surface area contributed by atoms with Gasteiger partial charge in [-0.1, -0.05) is 36.4 Å². The van der Waals surface area contributed by atoms with E-state index in [2.05, 4.69) is 5.10 Å². The normalized spacial score (nSPS) is 12.2. The minimum atomic E-state index is -4.76. The maximum absolute atomic E-state index is 13.1. The monoisotopic (exact) mass is 467 g/mol. The number of carbonyl (C=O) groups is 1. The van der Waals surface area contributed by atoms with E-state index in [1.807, 2.05) is 0 Å². The maximum Gasteiger partial charge on any atom is 0.417 e. The largest absolute Gasteiger partial charge is 0.417 e. The summed E-state index contributed by atoms with van der Waals surface area (Å²) in [5, 5.41) is 4.54. The zero-order valence-electron chi connectivity index (χ0n) is 16.6. The highest BCUT2D eigenvalue weighted by molar-refractivity contribution is 5.95. The average Bonchev–Trinajstić information content (AvgIpc) is 2.75. The second-order valence-electron chi connectivity index (χ2n) is 6.79. The van der Waals surface area contributed by atoms with E-state index < -0.39 is 41.5 Å². The summed E-state index contributed by atoms with van der Waals surface area (Å²) < 4.78 is 78.9. The Bertz CT molecular complexity index is 1220. The van der Waals surface area contributed by atoms with Crippen molar-refractivity contribution in [3.63, 3.8) is 0 Å². The van der Waals surface area contributed by atoms with Crippen molar-refractivity contribution in [2.24, 2.45) is 5.10 Å². The highest BCUT2D eigenvalue weighted by Gasteiger charge is 2.32. The molecule has 0 radical (unpaired) electrons. The van der Waals surface area contributed by atoms with Crippen molar-refractivity contribution >= 4 is 17.8 Å². The average molecular weight is 467 g/mol. The quantitative estimate of drug-likeness (QED) is 0.303. The van der Waals surface area contributed by atoms with Crippen LogP contribution in [0.4, 0.5) is 32.0 Å². The lowest BCUT2D eigenvalue weighted by Crippen LogP contribution is -2.34. The molecule has 11 heteroatoms. The molecule has 1 heterocycles. The minimum absolute atomic E-state index is 0.276. The number of halogens is 6. The van der Waals surface area contributed by atoms with E-state index >= 15 is 0 Å². The van der Waals surface area contributed by atoms with Crippen LogP contribution in [0.3, 0.4) is 0 Å². The van der Waals surface area contributed by atoms with Gasteiger partial charge in [0.1, 0.15) is 6.54 Å². The van der Waals surface area contributed by atoms with Crippen molar-refractivity contribution in [1.29, 1.82) is 0 Å². The summed E-state index contributed by atoms with van der Waals surface area (Å²) in [7, 11) is 0. The minimum Gasteiger partial charge on any atom is -0.305 e. The Hall–Kier alpha value is -3.89. The van der Waals surface area contributed by atoms with Gasteiger partial charge < -0.3 is 4.57 Å². The Kier molecular flexibility index (Phi) is 6.70. The first-order valence-electron chi connectivity index (χ1n) is 9.32. The fraction of sp³-hybridized carbons (Fsp3) is 0.136. The molecule has 0 aliphatic heterocycles. The smallest absolute Gasteiger partial charge is 0.305 e. The number of rotatable bonds is 5. The molecule has 3 rings (SSSR count). The predicted molar refractivity (Wildman–Crippen MR) is 109 cm³/mol. The Morgan fingerprint density at radius 3 is 2.18 bits per heavy atom. The van der Waals surface area contributed by atoms with E-state index in [-0.39, 0.29) is 5.69 Å². The van der Waals surface area contributed by atoms with Crippen LogP contribution in [0, 0.1) is 0 Å². The molecule has 0 bridgehead atoms. The van der Waals surface area contributed by atoms with Gasteiger partial charge in [-0.2, -0.15) is 36.5 Å². The van der Waals surface area contributed by atoms with Crippen molar-refractivity contribution in [1.82, 2.24) is 4.57 Å². The fourth-order valence-corrected chi connectivity index (χ4v) is 2.79. The first-order chi connectivity index (χ1) is 15.4. The molecule has 3 aromatic rings. The third-order valence-corrected chi connectivity index (χ3v) is 4.39. The van der Waals surface area contributed by atoms with Gasteiger partial charge in [-0.3, -0.25) is 9.59 Å². The van der Waals surface area contributed by atoms with E-state index in [0.717, 1.165) is 12.1 Å². The van der Waals surface area contributed by atoms with Crippen LogP contribution in [0.15, 0.2) is 82.8 Å². The van der Waals surface area contributed by atoms with Crippen molar-refractivity contribution in [2.75, 3.05) is 5.01 Å². The van der Waals surface area contributed by atoms with Gasteiger partial charge in [0.15, 0.2) is 0 Å². The summed E-state index contributed by atoms with van der Waals surface area (Å²) in [4.78, 5) is 24.9. The summed E-state index contributed by atoms with van der Waals surface area (Å²) in [6.45, 7) is -0.884. The second-order valence-corrected chi connectivity index (χ2v) is 6.79. The molecular formula is C22H15F6N3O2. The van der Waals surface area contributed by atoms with Gasteiger partial charge in [-0.15, -0.1) is 0 Å². The van der Waals surface area contributed by atoms with Gasteiger partial charge in [0.25, 0.3) is 11.5 Å². The number of aromatic nitrogens is 1. The standard InChI is InChI=1S/C22H15F6N3O2/c23-21(24,25)16-7-4-8-18(11-16)31(29-12-15-5-2-1-3-6-15)20(33)14-30-13-17(22(26,27)28)9-10-19(30)32/h1-13H,14H2/b29-12+. The molecule has 0 saturated carbocycles. The highest BCUT2D eigenvalue weighted by Crippen LogP contribution is 2.32. The zero-order valence-corrected chi connectivity index (χ0v) is 16.6. The molecule has 0 aliphatic rings. The Labute approximate surface area is 183 Å². The number of alkyl halides is 6. The number of benzene rings is 2. The molecule has 0 atom stereocenters. The van der Waals surface area contributed by atoms with E-state index in [4.69, 9.17) is 0 Å². The number of pyridine rings is 1. The van der Waals surface area contributed by atoms with Crippen LogP contribution in [0.5, 0.6) is 0 Å². The van der Waals surface area contributed by atoms with Crippen LogP contribution in [-0.4, -0.2) is 16.7 Å². The lowest BCUT2D eigenvalue weighted by molar-refractivity contribution is -0.138. The van der Waals surface area contributed by atoms with E-state index in [0.29, 0.717) is 39.5 Å². The van der Waals surface area contributed by atoms with Crippen molar-refractivity contribution < 1.29 is 31.1 Å². The summed E-state index contributed by atoms with van der Waals surface area (Å²) in [6.07, 6.45) is -7.80. The van der Waals surface area contributed by atoms with E-state index in [1.54, 1.807) is 30.3 Å². The van der Waals surface area contributed by atoms with E-state index in [9.17, 15) is 35.9 Å². The van der Waals surface area contributed by atoms with Gasteiger partial charge in [-0.25, -0.2) is 0 Å². The summed E-state index contributed by atoms with van der Waals surface area (Å²) in [5.41, 5.74) is -2.87. The molecule has 5 nitrogen and oxygen atoms in total. The fourth-order valence-electron chi connectivity index (χ4n) is 2.79. The topological polar surface area (TPSA) is 54.7 Å². The third-order valence-electron chi connectivity index (χ3n) is 4.39. The molecule has 33 heavy (non-hydrogen) atoms. The predicted octanol–water partition coefficient (Wildman–Crippen LogP) is 4.95.